The lowest BCUT2D eigenvalue weighted by molar-refractivity contribution is 1.14. The molecule has 1 aliphatic heterocycles. The van der Waals surface area contributed by atoms with E-state index in [0.717, 1.165) is 28.9 Å². The van der Waals surface area contributed by atoms with Crippen molar-refractivity contribution in [3.05, 3.63) is 30.4 Å². The number of hydrogen-bond donors (Lipinski definition) is 1. The number of nitrogens with zero attached hydrogens (tertiary/aromatic N) is 2. The Bertz CT molecular complexity index is 515. The molecule has 2 aromatic rings. The van der Waals surface area contributed by atoms with E-state index in [1.54, 1.807) is 6.33 Å². The van der Waals surface area contributed by atoms with Gasteiger partial charge >= 0.3 is 0 Å². The molecule has 0 saturated carbocycles. The predicted octanol–water partition coefficient (Wildman–Crippen LogP) is 2.48. The van der Waals surface area contributed by atoms with E-state index in [0.29, 0.717) is 0 Å². The van der Waals surface area contributed by atoms with Gasteiger partial charge in [0.25, 0.3) is 0 Å². The largest absolute Gasteiger partial charge is 0.346 e. The first-order chi connectivity index (χ1) is 7.45. The molecule has 0 unspecified atom stereocenters. The van der Waals surface area contributed by atoms with Crippen LogP contribution in [-0.2, 0) is 0 Å². The molecule has 1 aliphatic rings. The lowest BCUT2D eigenvalue weighted by Crippen LogP contribution is -1.98. The van der Waals surface area contributed by atoms with Crippen LogP contribution in [0.3, 0.4) is 0 Å². The zero-order valence-corrected chi connectivity index (χ0v) is 9.05. The van der Waals surface area contributed by atoms with Gasteiger partial charge in [-0.25, -0.2) is 9.97 Å². The highest BCUT2D eigenvalue weighted by Gasteiger charge is 2.11. The molecule has 0 spiro atoms. The lowest BCUT2D eigenvalue weighted by Gasteiger charge is -2.12. The zero-order valence-electron chi connectivity index (χ0n) is 8.23. The number of H-pyrrole nitrogens is 1. The summed E-state index contributed by atoms with van der Waals surface area (Å²) in [7, 11) is 0. The number of aromatic nitrogens is 3. The zero-order chi connectivity index (χ0) is 10.1. The molecule has 0 fully saturated rings. The molecule has 4 heteroatoms. The Kier molecular flexibility index (Phi) is 2.21. The highest BCUT2D eigenvalue weighted by molar-refractivity contribution is 7.99. The first kappa shape index (κ1) is 8.97. The summed E-state index contributed by atoms with van der Waals surface area (Å²) in [6.45, 7) is 0. The fraction of sp³-hybridized carbons (Fsp3) is 0.273. The van der Waals surface area contributed by atoms with Crippen molar-refractivity contribution in [3.8, 4) is 0 Å². The average Bonchev–Trinajstić information content (AvgIpc) is 2.78. The Hall–Kier alpha value is -1.29. The van der Waals surface area contributed by atoms with Crippen LogP contribution in [0.5, 0.6) is 0 Å². The Morgan fingerprint density at radius 2 is 2.33 bits per heavy atom. The van der Waals surface area contributed by atoms with Crippen LogP contribution in [0.15, 0.2) is 24.7 Å². The standard InChI is InChI=1S/C11H11N3S/c1-4-12-11-9(1)10(13-7-14-11)8-2-5-15-6-3-8/h1-2,4,7H,3,5-6H2,(H,12,13,14). The highest BCUT2D eigenvalue weighted by Crippen LogP contribution is 2.28. The van der Waals surface area contributed by atoms with Crippen LogP contribution in [0, 0.1) is 0 Å². The van der Waals surface area contributed by atoms with E-state index in [1.807, 2.05) is 24.0 Å². The van der Waals surface area contributed by atoms with Crippen LogP contribution in [0.2, 0.25) is 0 Å². The third-order valence-corrected chi connectivity index (χ3v) is 3.52. The lowest BCUT2D eigenvalue weighted by atomic mass is 10.1. The fourth-order valence-corrected chi connectivity index (χ4v) is 2.72. The van der Waals surface area contributed by atoms with Crippen molar-refractivity contribution in [1.29, 1.82) is 0 Å². The van der Waals surface area contributed by atoms with E-state index < -0.39 is 0 Å². The van der Waals surface area contributed by atoms with Crippen molar-refractivity contribution >= 4 is 28.4 Å². The van der Waals surface area contributed by atoms with E-state index in [9.17, 15) is 0 Å². The van der Waals surface area contributed by atoms with E-state index in [4.69, 9.17) is 0 Å². The third kappa shape index (κ3) is 1.55. The van der Waals surface area contributed by atoms with Crippen LogP contribution in [0.4, 0.5) is 0 Å². The summed E-state index contributed by atoms with van der Waals surface area (Å²) in [5.41, 5.74) is 3.39. The number of nitrogens with one attached hydrogen (secondary N) is 1. The molecular weight excluding hydrogens is 206 g/mol. The third-order valence-electron chi connectivity index (χ3n) is 2.62. The second-order valence-electron chi connectivity index (χ2n) is 3.52. The number of aromatic amines is 1. The second kappa shape index (κ2) is 3.70. The summed E-state index contributed by atoms with van der Waals surface area (Å²) in [5, 5.41) is 1.13. The average molecular weight is 217 g/mol. The van der Waals surface area contributed by atoms with Gasteiger partial charge in [-0.2, -0.15) is 11.8 Å². The monoisotopic (exact) mass is 217 g/mol. The molecule has 3 nitrogen and oxygen atoms in total. The SMILES string of the molecule is C1=C(c2ncnc3[nH]ccc23)CCSC1. The maximum absolute atomic E-state index is 4.39. The summed E-state index contributed by atoms with van der Waals surface area (Å²) in [6, 6.07) is 2.05. The van der Waals surface area contributed by atoms with Gasteiger partial charge < -0.3 is 4.98 Å². The van der Waals surface area contributed by atoms with Crippen molar-refractivity contribution in [1.82, 2.24) is 15.0 Å². The maximum Gasteiger partial charge on any atom is 0.141 e. The van der Waals surface area contributed by atoms with Crippen LogP contribution in [-0.4, -0.2) is 26.5 Å². The minimum atomic E-state index is 0.930. The topological polar surface area (TPSA) is 41.6 Å². The van der Waals surface area contributed by atoms with Crippen molar-refractivity contribution in [2.75, 3.05) is 11.5 Å². The molecule has 0 aliphatic carbocycles. The van der Waals surface area contributed by atoms with Gasteiger partial charge in [0.05, 0.1) is 5.69 Å². The second-order valence-corrected chi connectivity index (χ2v) is 4.67. The van der Waals surface area contributed by atoms with E-state index in [2.05, 4.69) is 21.0 Å². The maximum atomic E-state index is 4.39. The fourth-order valence-electron chi connectivity index (χ4n) is 1.87. The van der Waals surface area contributed by atoms with Crippen molar-refractivity contribution < 1.29 is 0 Å². The summed E-state index contributed by atoms with van der Waals surface area (Å²) in [5.74, 6) is 2.30. The van der Waals surface area contributed by atoms with Crippen LogP contribution in [0.1, 0.15) is 12.1 Å². The van der Waals surface area contributed by atoms with Gasteiger partial charge in [-0.1, -0.05) is 6.08 Å². The number of hydrogen-bond acceptors (Lipinski definition) is 3. The van der Waals surface area contributed by atoms with Crippen molar-refractivity contribution in [3.63, 3.8) is 0 Å². The molecule has 0 radical (unpaired) electrons. The van der Waals surface area contributed by atoms with Gasteiger partial charge in [0.1, 0.15) is 12.0 Å². The van der Waals surface area contributed by atoms with Gasteiger partial charge in [0.2, 0.25) is 0 Å². The number of thioether (sulfide) groups is 1. The molecule has 0 bridgehead atoms. The highest BCUT2D eigenvalue weighted by atomic mass is 32.2. The van der Waals surface area contributed by atoms with Crippen LogP contribution < -0.4 is 0 Å². The van der Waals surface area contributed by atoms with Gasteiger partial charge in [0.15, 0.2) is 0 Å². The van der Waals surface area contributed by atoms with E-state index in [-0.39, 0.29) is 0 Å². The molecular formula is C11H11N3S. The van der Waals surface area contributed by atoms with Crippen LogP contribution >= 0.6 is 11.8 Å². The molecule has 0 amide bonds. The van der Waals surface area contributed by atoms with Gasteiger partial charge in [-0.3, -0.25) is 0 Å². The molecule has 2 aromatic heterocycles. The minimum absolute atomic E-state index is 0.930. The molecule has 0 atom stereocenters. The Labute approximate surface area is 92.0 Å². The minimum Gasteiger partial charge on any atom is -0.346 e. The molecule has 15 heavy (non-hydrogen) atoms. The van der Waals surface area contributed by atoms with Gasteiger partial charge in [-0.15, -0.1) is 0 Å². The molecule has 0 saturated heterocycles. The predicted molar refractivity (Wildman–Crippen MR) is 63.8 cm³/mol. The van der Waals surface area contributed by atoms with Crippen LogP contribution in [0.25, 0.3) is 16.6 Å². The number of fused-ring (bicyclic) bond motifs is 1. The molecule has 0 aromatic carbocycles. The Morgan fingerprint density at radius 3 is 3.20 bits per heavy atom. The number of allylic oxidation sites excluding steroid dienone is 1. The number of rotatable bonds is 1. The summed E-state index contributed by atoms with van der Waals surface area (Å²) < 4.78 is 0. The van der Waals surface area contributed by atoms with Gasteiger partial charge in [0, 0.05) is 17.3 Å². The summed E-state index contributed by atoms with van der Waals surface area (Å²) in [6.07, 6.45) is 6.95. The molecule has 3 rings (SSSR count). The Balaban J connectivity index is 2.17. The molecule has 3 heterocycles. The van der Waals surface area contributed by atoms with E-state index in [1.165, 1.54) is 11.3 Å². The van der Waals surface area contributed by atoms with Crippen molar-refractivity contribution in [2.24, 2.45) is 0 Å². The first-order valence-corrected chi connectivity index (χ1v) is 6.16. The van der Waals surface area contributed by atoms with Gasteiger partial charge in [-0.05, 0) is 23.8 Å². The van der Waals surface area contributed by atoms with E-state index >= 15 is 0 Å². The first-order valence-electron chi connectivity index (χ1n) is 5.00. The molecule has 76 valence electrons. The summed E-state index contributed by atoms with van der Waals surface area (Å²) >= 11 is 1.97. The van der Waals surface area contributed by atoms with Crippen molar-refractivity contribution in [2.45, 2.75) is 6.42 Å². The summed E-state index contributed by atoms with van der Waals surface area (Å²) in [4.78, 5) is 11.7. The smallest absolute Gasteiger partial charge is 0.141 e. The Morgan fingerprint density at radius 1 is 1.33 bits per heavy atom. The quantitative estimate of drug-likeness (QED) is 0.798. The normalized spacial score (nSPS) is 16.7. The molecule has 1 N–H and O–H groups in total.